The Kier molecular flexibility index (Phi) is 4.59. The fraction of sp³-hybridized carbons (Fsp3) is 0.600. The standard InChI is InChI=1S/C15H23FN2/c1-2-5-14-6-3-4-9-18(14)11-12-7-8-13(16)10-15(12)17/h7-8,10,14H,2-6,9,11,17H2,1H3. The molecular formula is C15H23FN2. The number of nitrogens with zero attached hydrogens (tertiary/aromatic N) is 1. The number of likely N-dealkylation sites (tertiary alicyclic amines) is 1. The minimum Gasteiger partial charge on any atom is -0.398 e. The van der Waals surface area contributed by atoms with Crippen LogP contribution < -0.4 is 5.73 Å². The Balaban J connectivity index is 2.06. The van der Waals surface area contributed by atoms with Crippen molar-refractivity contribution in [2.75, 3.05) is 12.3 Å². The first-order chi connectivity index (χ1) is 8.70. The summed E-state index contributed by atoms with van der Waals surface area (Å²) >= 11 is 0. The van der Waals surface area contributed by atoms with Crippen LogP contribution in [-0.2, 0) is 6.54 Å². The van der Waals surface area contributed by atoms with Gasteiger partial charge in [-0.1, -0.05) is 25.8 Å². The summed E-state index contributed by atoms with van der Waals surface area (Å²) in [4.78, 5) is 2.51. The molecule has 1 saturated heterocycles. The lowest BCUT2D eigenvalue weighted by Gasteiger charge is -2.36. The molecule has 1 unspecified atom stereocenters. The van der Waals surface area contributed by atoms with Crippen molar-refractivity contribution >= 4 is 5.69 Å². The van der Waals surface area contributed by atoms with Crippen LogP contribution in [0.2, 0.25) is 0 Å². The van der Waals surface area contributed by atoms with Gasteiger partial charge in [-0.2, -0.15) is 0 Å². The molecule has 0 radical (unpaired) electrons. The van der Waals surface area contributed by atoms with Gasteiger partial charge in [-0.3, -0.25) is 4.90 Å². The van der Waals surface area contributed by atoms with E-state index in [2.05, 4.69) is 11.8 Å². The first-order valence-electron chi connectivity index (χ1n) is 6.98. The minimum atomic E-state index is -0.250. The van der Waals surface area contributed by atoms with Gasteiger partial charge in [0.25, 0.3) is 0 Å². The van der Waals surface area contributed by atoms with Crippen molar-refractivity contribution in [3.05, 3.63) is 29.6 Å². The quantitative estimate of drug-likeness (QED) is 0.828. The second-order valence-electron chi connectivity index (χ2n) is 5.25. The first kappa shape index (κ1) is 13.3. The lowest BCUT2D eigenvalue weighted by atomic mass is 9.97. The minimum absolute atomic E-state index is 0.250. The van der Waals surface area contributed by atoms with E-state index in [9.17, 15) is 4.39 Å². The van der Waals surface area contributed by atoms with Crippen molar-refractivity contribution in [1.82, 2.24) is 4.90 Å². The molecule has 0 saturated carbocycles. The van der Waals surface area contributed by atoms with Crippen LogP contribution in [-0.4, -0.2) is 17.5 Å². The van der Waals surface area contributed by atoms with Crippen molar-refractivity contribution in [3.8, 4) is 0 Å². The van der Waals surface area contributed by atoms with E-state index in [1.165, 1.54) is 44.2 Å². The molecule has 18 heavy (non-hydrogen) atoms. The highest BCUT2D eigenvalue weighted by atomic mass is 19.1. The predicted octanol–water partition coefficient (Wildman–Crippen LogP) is 3.56. The van der Waals surface area contributed by atoms with Crippen LogP contribution >= 0.6 is 0 Å². The molecule has 1 aliphatic heterocycles. The number of piperidine rings is 1. The van der Waals surface area contributed by atoms with Gasteiger partial charge in [0, 0.05) is 18.3 Å². The van der Waals surface area contributed by atoms with Gasteiger partial charge >= 0.3 is 0 Å². The molecule has 1 aromatic carbocycles. The summed E-state index contributed by atoms with van der Waals surface area (Å²) in [5.74, 6) is -0.250. The lowest BCUT2D eigenvalue weighted by molar-refractivity contribution is 0.132. The van der Waals surface area contributed by atoms with Crippen LogP contribution in [0.4, 0.5) is 10.1 Å². The van der Waals surface area contributed by atoms with Gasteiger partial charge in [0.2, 0.25) is 0 Å². The van der Waals surface area contributed by atoms with Gasteiger partial charge < -0.3 is 5.73 Å². The summed E-state index contributed by atoms with van der Waals surface area (Å²) in [5.41, 5.74) is 7.53. The predicted molar refractivity (Wildman–Crippen MR) is 73.8 cm³/mol. The second kappa shape index (κ2) is 6.19. The van der Waals surface area contributed by atoms with Gasteiger partial charge in [0.05, 0.1) is 0 Å². The largest absolute Gasteiger partial charge is 0.398 e. The van der Waals surface area contributed by atoms with Crippen LogP contribution in [0.25, 0.3) is 0 Å². The number of anilines is 1. The lowest BCUT2D eigenvalue weighted by Crippen LogP contribution is -2.38. The molecule has 3 heteroatoms. The zero-order chi connectivity index (χ0) is 13.0. The Morgan fingerprint density at radius 2 is 2.22 bits per heavy atom. The molecule has 1 fully saturated rings. The third-order valence-corrected chi connectivity index (χ3v) is 3.85. The second-order valence-corrected chi connectivity index (χ2v) is 5.25. The summed E-state index contributed by atoms with van der Waals surface area (Å²) in [6.45, 7) is 4.23. The van der Waals surface area contributed by atoms with E-state index in [0.29, 0.717) is 11.7 Å². The molecule has 0 amide bonds. The molecule has 2 N–H and O–H groups in total. The van der Waals surface area contributed by atoms with Crippen molar-refractivity contribution in [2.24, 2.45) is 0 Å². The van der Waals surface area contributed by atoms with Crippen LogP contribution in [0.1, 0.15) is 44.6 Å². The molecule has 2 rings (SSSR count). The number of hydrogen-bond donors (Lipinski definition) is 1. The Hall–Kier alpha value is -1.09. The van der Waals surface area contributed by atoms with Gasteiger partial charge in [-0.05, 0) is 43.5 Å². The number of nitrogen functional groups attached to an aromatic ring is 1. The normalized spacial score (nSPS) is 21.1. The van der Waals surface area contributed by atoms with E-state index in [-0.39, 0.29) is 5.82 Å². The Morgan fingerprint density at radius 3 is 2.94 bits per heavy atom. The highest BCUT2D eigenvalue weighted by Crippen LogP contribution is 2.24. The van der Waals surface area contributed by atoms with E-state index < -0.39 is 0 Å². The molecule has 1 aromatic rings. The third kappa shape index (κ3) is 3.22. The Morgan fingerprint density at radius 1 is 1.39 bits per heavy atom. The summed E-state index contributed by atoms with van der Waals surface area (Å²) in [5, 5.41) is 0. The molecule has 1 aliphatic rings. The third-order valence-electron chi connectivity index (χ3n) is 3.85. The molecule has 2 nitrogen and oxygen atoms in total. The van der Waals surface area contributed by atoms with E-state index >= 15 is 0 Å². The Bertz CT molecular complexity index is 390. The maximum atomic E-state index is 13.0. The van der Waals surface area contributed by atoms with Gasteiger partial charge in [0.1, 0.15) is 5.82 Å². The molecule has 0 aromatic heterocycles. The fourth-order valence-corrected chi connectivity index (χ4v) is 2.86. The molecule has 100 valence electrons. The number of rotatable bonds is 4. The highest BCUT2D eigenvalue weighted by molar-refractivity contribution is 5.46. The number of benzene rings is 1. The van der Waals surface area contributed by atoms with Crippen LogP contribution in [0.15, 0.2) is 18.2 Å². The van der Waals surface area contributed by atoms with Gasteiger partial charge in [-0.15, -0.1) is 0 Å². The molecule has 0 aliphatic carbocycles. The van der Waals surface area contributed by atoms with Gasteiger partial charge in [0.15, 0.2) is 0 Å². The van der Waals surface area contributed by atoms with E-state index in [1.54, 1.807) is 0 Å². The van der Waals surface area contributed by atoms with Crippen LogP contribution in [0.3, 0.4) is 0 Å². The average Bonchev–Trinajstić information content (AvgIpc) is 2.35. The summed E-state index contributed by atoms with van der Waals surface area (Å²) in [6.07, 6.45) is 6.36. The topological polar surface area (TPSA) is 29.3 Å². The van der Waals surface area contributed by atoms with Crippen molar-refractivity contribution in [1.29, 1.82) is 0 Å². The number of halogens is 1. The average molecular weight is 250 g/mol. The number of hydrogen-bond acceptors (Lipinski definition) is 2. The van der Waals surface area contributed by atoms with E-state index in [0.717, 1.165) is 18.7 Å². The molecule has 0 bridgehead atoms. The maximum absolute atomic E-state index is 13.0. The highest BCUT2D eigenvalue weighted by Gasteiger charge is 2.22. The van der Waals surface area contributed by atoms with Crippen molar-refractivity contribution in [3.63, 3.8) is 0 Å². The smallest absolute Gasteiger partial charge is 0.125 e. The van der Waals surface area contributed by atoms with Crippen LogP contribution in [0.5, 0.6) is 0 Å². The zero-order valence-corrected chi connectivity index (χ0v) is 11.2. The van der Waals surface area contributed by atoms with Crippen molar-refractivity contribution in [2.45, 2.75) is 51.6 Å². The summed E-state index contributed by atoms with van der Waals surface area (Å²) in [6, 6.07) is 5.43. The van der Waals surface area contributed by atoms with Crippen molar-refractivity contribution < 1.29 is 4.39 Å². The summed E-state index contributed by atoms with van der Waals surface area (Å²) < 4.78 is 13.0. The Labute approximate surface area is 109 Å². The monoisotopic (exact) mass is 250 g/mol. The fourth-order valence-electron chi connectivity index (χ4n) is 2.86. The molecule has 0 spiro atoms. The van der Waals surface area contributed by atoms with E-state index in [1.807, 2.05) is 6.07 Å². The maximum Gasteiger partial charge on any atom is 0.125 e. The zero-order valence-electron chi connectivity index (χ0n) is 11.2. The SMILES string of the molecule is CCCC1CCCCN1Cc1ccc(F)cc1N. The van der Waals surface area contributed by atoms with Crippen LogP contribution in [0, 0.1) is 5.82 Å². The molecular weight excluding hydrogens is 227 g/mol. The molecule has 1 atom stereocenters. The molecule has 1 heterocycles. The summed E-state index contributed by atoms with van der Waals surface area (Å²) in [7, 11) is 0. The number of nitrogens with two attached hydrogens (primary N) is 1. The van der Waals surface area contributed by atoms with Gasteiger partial charge in [-0.25, -0.2) is 4.39 Å². The van der Waals surface area contributed by atoms with E-state index in [4.69, 9.17) is 5.73 Å². The first-order valence-corrected chi connectivity index (χ1v) is 6.98.